The minimum Gasteiger partial charge on any atom is -0.373 e. The molecule has 1 N–H and O–H groups in total. The van der Waals surface area contributed by atoms with Crippen LogP contribution in [-0.2, 0) is 11.3 Å². The molecule has 2 atom stereocenters. The number of guanidine groups is 1. The molecule has 7 nitrogen and oxygen atoms in total. The topological polar surface area (TPSA) is 46.6 Å². The van der Waals surface area contributed by atoms with Crippen LogP contribution in [0.5, 0.6) is 0 Å². The molecule has 0 aliphatic carbocycles. The lowest BCUT2D eigenvalue weighted by molar-refractivity contribution is -0.0502. The fourth-order valence-electron chi connectivity index (χ4n) is 4.93. The number of benzene rings is 1. The Labute approximate surface area is 204 Å². The Morgan fingerprint density at radius 3 is 2.74 bits per heavy atom. The van der Waals surface area contributed by atoms with Gasteiger partial charge in [0.2, 0.25) is 0 Å². The molecule has 4 rings (SSSR count). The summed E-state index contributed by atoms with van der Waals surface area (Å²) >= 11 is 0. The first kappa shape index (κ1) is 24.7. The minimum atomic E-state index is 0. The molecule has 3 heterocycles. The third-order valence-electron chi connectivity index (χ3n) is 6.68. The lowest BCUT2D eigenvalue weighted by Gasteiger charge is -2.36. The summed E-state index contributed by atoms with van der Waals surface area (Å²) in [7, 11) is 4.12. The molecule has 2 unspecified atom stereocenters. The van der Waals surface area contributed by atoms with E-state index in [1.54, 1.807) is 0 Å². The lowest BCUT2D eigenvalue weighted by Crippen LogP contribution is -2.50. The van der Waals surface area contributed by atoms with Gasteiger partial charge in [-0.15, -0.1) is 24.0 Å². The second-order valence-electron chi connectivity index (χ2n) is 8.81. The number of nitrogens with zero attached hydrogens (tertiary/aromatic N) is 5. The second kappa shape index (κ2) is 12.3. The summed E-state index contributed by atoms with van der Waals surface area (Å²) in [6.45, 7) is 11.5. The summed E-state index contributed by atoms with van der Waals surface area (Å²) in [6, 6.07) is 11.2. The molecule has 0 aromatic heterocycles. The van der Waals surface area contributed by atoms with Gasteiger partial charge in [-0.1, -0.05) is 30.3 Å². The average Bonchev–Trinajstić information content (AvgIpc) is 3.09. The smallest absolute Gasteiger partial charge is 0.193 e. The average molecular weight is 543 g/mol. The van der Waals surface area contributed by atoms with Crippen LogP contribution < -0.4 is 5.32 Å². The van der Waals surface area contributed by atoms with Crippen LogP contribution in [0.1, 0.15) is 12.0 Å². The van der Waals surface area contributed by atoms with Gasteiger partial charge in [0.05, 0.1) is 18.8 Å². The summed E-state index contributed by atoms with van der Waals surface area (Å²) in [5.74, 6) is 1.01. The van der Waals surface area contributed by atoms with Gasteiger partial charge in [-0.05, 0) is 32.1 Å². The van der Waals surface area contributed by atoms with E-state index in [4.69, 9.17) is 4.74 Å². The molecule has 3 saturated heterocycles. The zero-order valence-corrected chi connectivity index (χ0v) is 21.4. The number of nitrogens with one attached hydrogen (secondary N) is 1. The first-order chi connectivity index (χ1) is 14.7. The van der Waals surface area contributed by atoms with Crippen LogP contribution in [0.3, 0.4) is 0 Å². The number of hydrogen-bond acceptors (Lipinski definition) is 5. The SMILES string of the molecule is CN=C(NCCN1CCCN(C)CC1)N1CC2OCCN(Cc3ccccc3)C2C1.I. The fraction of sp³-hybridized carbons (Fsp3) is 0.696. The molecule has 174 valence electrons. The number of rotatable bonds is 5. The number of hydrogen-bond donors (Lipinski definition) is 1. The molecule has 0 amide bonds. The number of fused-ring (bicyclic) bond motifs is 1. The maximum atomic E-state index is 6.14. The highest BCUT2D eigenvalue weighted by molar-refractivity contribution is 14.0. The normalized spacial score (nSPS) is 26.3. The predicted octanol–water partition coefficient (Wildman–Crippen LogP) is 1.40. The lowest BCUT2D eigenvalue weighted by atomic mass is 10.1. The van der Waals surface area contributed by atoms with E-state index in [1.807, 2.05) is 7.05 Å². The van der Waals surface area contributed by atoms with Crippen molar-refractivity contribution in [3.63, 3.8) is 0 Å². The highest BCUT2D eigenvalue weighted by Gasteiger charge is 2.41. The van der Waals surface area contributed by atoms with Gasteiger partial charge < -0.3 is 24.8 Å². The third kappa shape index (κ3) is 6.77. The van der Waals surface area contributed by atoms with E-state index in [2.05, 4.69) is 67.3 Å². The monoisotopic (exact) mass is 542 g/mol. The highest BCUT2D eigenvalue weighted by atomic mass is 127. The number of ether oxygens (including phenoxy) is 1. The third-order valence-corrected chi connectivity index (χ3v) is 6.68. The summed E-state index contributed by atoms with van der Waals surface area (Å²) < 4.78 is 6.14. The second-order valence-corrected chi connectivity index (χ2v) is 8.81. The zero-order chi connectivity index (χ0) is 20.8. The van der Waals surface area contributed by atoms with E-state index in [0.29, 0.717) is 6.04 Å². The van der Waals surface area contributed by atoms with Gasteiger partial charge in [-0.25, -0.2) is 0 Å². The minimum absolute atomic E-state index is 0. The van der Waals surface area contributed by atoms with Gasteiger partial charge in [0.15, 0.2) is 5.96 Å². The molecular formula is C23H39IN6O. The quantitative estimate of drug-likeness (QED) is 0.345. The maximum Gasteiger partial charge on any atom is 0.193 e. The first-order valence-corrected chi connectivity index (χ1v) is 11.5. The maximum absolute atomic E-state index is 6.14. The highest BCUT2D eigenvalue weighted by Crippen LogP contribution is 2.24. The van der Waals surface area contributed by atoms with Gasteiger partial charge >= 0.3 is 0 Å². The van der Waals surface area contributed by atoms with E-state index < -0.39 is 0 Å². The molecule has 3 fully saturated rings. The van der Waals surface area contributed by atoms with Crippen molar-refractivity contribution in [3.05, 3.63) is 35.9 Å². The van der Waals surface area contributed by atoms with Gasteiger partial charge in [0.25, 0.3) is 0 Å². The van der Waals surface area contributed by atoms with Crippen molar-refractivity contribution in [2.24, 2.45) is 4.99 Å². The van der Waals surface area contributed by atoms with Crippen molar-refractivity contribution < 1.29 is 4.74 Å². The molecule has 0 spiro atoms. The van der Waals surface area contributed by atoms with Crippen molar-refractivity contribution in [1.82, 2.24) is 24.9 Å². The van der Waals surface area contributed by atoms with E-state index in [9.17, 15) is 0 Å². The first-order valence-electron chi connectivity index (χ1n) is 11.5. The summed E-state index contributed by atoms with van der Waals surface area (Å²) in [6.07, 6.45) is 1.53. The predicted molar refractivity (Wildman–Crippen MR) is 137 cm³/mol. The molecule has 31 heavy (non-hydrogen) atoms. The Morgan fingerprint density at radius 2 is 1.94 bits per heavy atom. The molecular weight excluding hydrogens is 503 g/mol. The Morgan fingerprint density at radius 1 is 1.10 bits per heavy atom. The summed E-state index contributed by atoms with van der Waals surface area (Å²) in [4.78, 5) is 14.6. The van der Waals surface area contributed by atoms with Crippen molar-refractivity contribution in [3.8, 4) is 0 Å². The fourth-order valence-corrected chi connectivity index (χ4v) is 4.93. The van der Waals surface area contributed by atoms with E-state index in [0.717, 1.165) is 58.4 Å². The standard InChI is InChI=1S/C23H38N6O.HI/c1-24-23(25-9-12-27-11-6-10-26(2)13-14-27)29-18-21-22(19-29)30-16-15-28(21)17-20-7-4-3-5-8-20;/h3-5,7-8,21-22H,6,9-19H2,1-2H3,(H,24,25);1H. The number of morpholine rings is 1. The number of likely N-dealkylation sites (tertiary alicyclic amines) is 1. The summed E-state index contributed by atoms with van der Waals surface area (Å²) in [5, 5.41) is 3.61. The van der Waals surface area contributed by atoms with Crippen LogP contribution in [0.4, 0.5) is 0 Å². The van der Waals surface area contributed by atoms with Crippen molar-refractivity contribution in [1.29, 1.82) is 0 Å². The van der Waals surface area contributed by atoms with E-state index in [-0.39, 0.29) is 30.1 Å². The Kier molecular flexibility index (Phi) is 9.83. The Balaban J connectivity index is 0.00000272. The van der Waals surface area contributed by atoms with E-state index >= 15 is 0 Å². The van der Waals surface area contributed by atoms with Gasteiger partial charge in [0.1, 0.15) is 0 Å². The number of aliphatic imine (C=N–C) groups is 1. The van der Waals surface area contributed by atoms with Crippen LogP contribution in [0.25, 0.3) is 0 Å². The largest absolute Gasteiger partial charge is 0.373 e. The molecule has 8 heteroatoms. The van der Waals surface area contributed by atoms with Crippen LogP contribution in [0.15, 0.2) is 35.3 Å². The summed E-state index contributed by atoms with van der Waals surface area (Å²) in [5.41, 5.74) is 1.38. The van der Waals surface area contributed by atoms with E-state index in [1.165, 1.54) is 31.6 Å². The molecule has 0 saturated carbocycles. The molecule has 0 bridgehead atoms. The molecule has 0 radical (unpaired) electrons. The Hall–Kier alpha value is -0.940. The van der Waals surface area contributed by atoms with Crippen LogP contribution in [0, 0.1) is 0 Å². The van der Waals surface area contributed by atoms with Crippen LogP contribution >= 0.6 is 24.0 Å². The Bertz CT molecular complexity index is 690. The van der Waals surface area contributed by atoms with Gasteiger partial charge in [0, 0.05) is 59.4 Å². The number of halogens is 1. The van der Waals surface area contributed by atoms with Crippen molar-refractivity contribution in [2.75, 3.05) is 79.6 Å². The molecule has 3 aliphatic heterocycles. The molecule has 3 aliphatic rings. The number of likely N-dealkylation sites (N-methyl/N-ethyl adjacent to an activating group) is 1. The van der Waals surface area contributed by atoms with Crippen LogP contribution in [0.2, 0.25) is 0 Å². The van der Waals surface area contributed by atoms with Gasteiger partial charge in [-0.3, -0.25) is 9.89 Å². The van der Waals surface area contributed by atoms with Crippen molar-refractivity contribution in [2.45, 2.75) is 25.1 Å². The van der Waals surface area contributed by atoms with Gasteiger partial charge in [-0.2, -0.15) is 0 Å². The van der Waals surface area contributed by atoms with Crippen molar-refractivity contribution >= 4 is 29.9 Å². The molecule has 1 aromatic carbocycles. The van der Waals surface area contributed by atoms with Crippen LogP contribution in [-0.4, -0.2) is 117 Å². The molecule has 1 aromatic rings. The zero-order valence-electron chi connectivity index (χ0n) is 19.1.